The molecule has 5 nitrogen and oxygen atoms in total. The fraction of sp³-hybridized carbons (Fsp3) is 0.556. The molecule has 0 fully saturated rings. The molecule has 1 aromatic rings. The van der Waals surface area contributed by atoms with Crippen molar-refractivity contribution in [2.45, 2.75) is 39.2 Å². The van der Waals surface area contributed by atoms with Crippen molar-refractivity contribution in [3.05, 3.63) is 35.9 Å². The predicted molar refractivity (Wildman–Crippen MR) is 91.0 cm³/mol. The molecule has 0 spiro atoms. The van der Waals surface area contributed by atoms with Crippen LogP contribution in [0.3, 0.4) is 0 Å². The quantitative estimate of drug-likeness (QED) is 0.673. The molecule has 0 aromatic heterocycles. The monoisotopic (exact) mass is 320 g/mol. The van der Waals surface area contributed by atoms with Gasteiger partial charge in [-0.15, -0.1) is 0 Å². The largest absolute Gasteiger partial charge is 0.464 e. The first-order valence-electron chi connectivity index (χ1n) is 8.28. The molecule has 0 bridgehead atoms. The minimum absolute atomic E-state index is 0.143. The topological polar surface area (TPSA) is 58.6 Å². The van der Waals surface area contributed by atoms with Gasteiger partial charge in [-0.25, -0.2) is 4.79 Å². The Morgan fingerprint density at radius 1 is 1.17 bits per heavy atom. The summed E-state index contributed by atoms with van der Waals surface area (Å²) in [6, 6.07) is 8.43. The summed E-state index contributed by atoms with van der Waals surface area (Å²) in [5, 5.41) is 2.79. The highest BCUT2D eigenvalue weighted by molar-refractivity contribution is 5.85. The van der Waals surface area contributed by atoms with Gasteiger partial charge in [0.1, 0.15) is 0 Å². The maximum atomic E-state index is 12.2. The molecule has 1 unspecified atom stereocenters. The molecule has 0 saturated carbocycles. The third kappa shape index (κ3) is 7.28. The Bertz CT molecular complexity index is 476. The van der Waals surface area contributed by atoms with Crippen molar-refractivity contribution in [1.29, 1.82) is 0 Å². The number of nitrogens with zero attached hydrogens (tertiary/aromatic N) is 1. The molecule has 1 amide bonds. The summed E-state index contributed by atoms with van der Waals surface area (Å²) in [6.07, 6.45) is 2.62. The molecule has 0 saturated heterocycles. The number of benzene rings is 1. The van der Waals surface area contributed by atoms with E-state index in [-0.39, 0.29) is 12.5 Å². The Balaban J connectivity index is 2.59. The van der Waals surface area contributed by atoms with E-state index in [1.54, 1.807) is 6.92 Å². The van der Waals surface area contributed by atoms with E-state index < -0.39 is 12.0 Å². The SMILES string of the molecule is CCCCN(C)CCC(=O)NC(C(=O)OCC)c1ccccc1. The molecular weight excluding hydrogens is 292 g/mol. The normalized spacial score (nSPS) is 12.0. The van der Waals surface area contributed by atoms with Gasteiger partial charge >= 0.3 is 5.97 Å². The summed E-state index contributed by atoms with van der Waals surface area (Å²) in [5.41, 5.74) is 0.735. The van der Waals surface area contributed by atoms with Crippen molar-refractivity contribution in [3.8, 4) is 0 Å². The zero-order chi connectivity index (χ0) is 17.1. The van der Waals surface area contributed by atoms with Crippen molar-refractivity contribution < 1.29 is 14.3 Å². The number of nitrogens with one attached hydrogen (secondary N) is 1. The van der Waals surface area contributed by atoms with Gasteiger partial charge in [0.25, 0.3) is 0 Å². The van der Waals surface area contributed by atoms with Crippen molar-refractivity contribution in [1.82, 2.24) is 10.2 Å². The molecule has 1 N–H and O–H groups in total. The predicted octanol–water partition coefficient (Wildman–Crippen LogP) is 2.53. The van der Waals surface area contributed by atoms with Crippen LogP contribution in [0.2, 0.25) is 0 Å². The van der Waals surface area contributed by atoms with E-state index in [4.69, 9.17) is 4.74 Å². The maximum absolute atomic E-state index is 12.2. The van der Waals surface area contributed by atoms with Crippen LogP contribution in [-0.4, -0.2) is 43.5 Å². The summed E-state index contributed by atoms with van der Waals surface area (Å²) < 4.78 is 5.07. The fourth-order valence-electron chi connectivity index (χ4n) is 2.21. The second-order valence-electron chi connectivity index (χ2n) is 5.57. The van der Waals surface area contributed by atoms with Gasteiger partial charge in [0.15, 0.2) is 6.04 Å². The number of amides is 1. The minimum atomic E-state index is -0.746. The second kappa shape index (κ2) is 10.8. The van der Waals surface area contributed by atoms with Crippen LogP contribution in [0.5, 0.6) is 0 Å². The number of esters is 1. The first-order chi connectivity index (χ1) is 11.1. The van der Waals surface area contributed by atoms with Crippen LogP contribution in [0.4, 0.5) is 0 Å². The van der Waals surface area contributed by atoms with E-state index in [0.717, 1.165) is 24.9 Å². The van der Waals surface area contributed by atoms with E-state index >= 15 is 0 Å². The molecule has 1 aromatic carbocycles. The van der Waals surface area contributed by atoms with Crippen LogP contribution in [0.15, 0.2) is 30.3 Å². The summed E-state index contributed by atoms with van der Waals surface area (Å²) >= 11 is 0. The molecule has 0 heterocycles. The molecule has 1 atom stereocenters. The number of carbonyl (C=O) groups excluding carboxylic acids is 2. The molecule has 0 aliphatic rings. The van der Waals surface area contributed by atoms with Gasteiger partial charge in [-0.2, -0.15) is 0 Å². The lowest BCUT2D eigenvalue weighted by Gasteiger charge is -2.19. The fourth-order valence-corrected chi connectivity index (χ4v) is 2.21. The lowest BCUT2D eigenvalue weighted by Crippen LogP contribution is -2.36. The average Bonchev–Trinajstić information content (AvgIpc) is 2.56. The molecule has 23 heavy (non-hydrogen) atoms. The highest BCUT2D eigenvalue weighted by Crippen LogP contribution is 2.14. The van der Waals surface area contributed by atoms with Crippen molar-refractivity contribution in [3.63, 3.8) is 0 Å². The third-order valence-corrected chi connectivity index (χ3v) is 3.57. The zero-order valence-corrected chi connectivity index (χ0v) is 14.4. The number of hydrogen-bond donors (Lipinski definition) is 1. The van der Waals surface area contributed by atoms with Gasteiger partial charge in [0.05, 0.1) is 6.61 Å². The van der Waals surface area contributed by atoms with Crippen molar-refractivity contribution >= 4 is 11.9 Å². The number of carbonyl (C=O) groups is 2. The molecule has 128 valence electrons. The Hall–Kier alpha value is -1.88. The highest BCUT2D eigenvalue weighted by Gasteiger charge is 2.23. The van der Waals surface area contributed by atoms with E-state index in [0.29, 0.717) is 13.0 Å². The van der Waals surface area contributed by atoms with Gasteiger partial charge < -0.3 is 15.0 Å². The van der Waals surface area contributed by atoms with E-state index in [2.05, 4.69) is 17.1 Å². The van der Waals surface area contributed by atoms with Gasteiger partial charge in [-0.05, 0) is 32.5 Å². The molecule has 1 rings (SSSR count). The number of unbranched alkanes of at least 4 members (excludes halogenated alkanes) is 1. The summed E-state index contributed by atoms with van der Waals surface area (Å²) in [5.74, 6) is -0.568. The maximum Gasteiger partial charge on any atom is 0.333 e. The molecule has 5 heteroatoms. The first kappa shape index (κ1) is 19.2. The Morgan fingerprint density at radius 3 is 2.48 bits per heavy atom. The molecule has 0 aliphatic carbocycles. The van der Waals surface area contributed by atoms with E-state index in [9.17, 15) is 9.59 Å². The van der Waals surface area contributed by atoms with Gasteiger partial charge in [-0.1, -0.05) is 43.7 Å². The van der Waals surface area contributed by atoms with Gasteiger partial charge in [0.2, 0.25) is 5.91 Å². The van der Waals surface area contributed by atoms with Crippen LogP contribution < -0.4 is 5.32 Å². The Kier molecular flexibility index (Phi) is 8.98. The first-order valence-corrected chi connectivity index (χ1v) is 8.28. The van der Waals surface area contributed by atoms with Crippen LogP contribution in [0.1, 0.15) is 44.7 Å². The summed E-state index contributed by atoms with van der Waals surface area (Å²) in [4.78, 5) is 26.4. The lowest BCUT2D eigenvalue weighted by molar-refractivity contribution is -0.147. The summed E-state index contributed by atoms with van der Waals surface area (Å²) in [7, 11) is 2.00. The molecular formula is C18H28N2O3. The van der Waals surface area contributed by atoms with Crippen LogP contribution in [0.25, 0.3) is 0 Å². The second-order valence-corrected chi connectivity index (χ2v) is 5.57. The summed E-state index contributed by atoms with van der Waals surface area (Å²) in [6.45, 7) is 5.84. The lowest BCUT2D eigenvalue weighted by atomic mass is 10.1. The van der Waals surface area contributed by atoms with Crippen molar-refractivity contribution in [2.75, 3.05) is 26.7 Å². The highest BCUT2D eigenvalue weighted by atomic mass is 16.5. The van der Waals surface area contributed by atoms with Gasteiger partial charge in [-0.3, -0.25) is 4.79 Å². The van der Waals surface area contributed by atoms with Crippen LogP contribution in [0, 0.1) is 0 Å². The number of hydrogen-bond acceptors (Lipinski definition) is 4. The van der Waals surface area contributed by atoms with Crippen molar-refractivity contribution in [2.24, 2.45) is 0 Å². The van der Waals surface area contributed by atoms with Crippen LogP contribution >= 0.6 is 0 Å². The van der Waals surface area contributed by atoms with Crippen LogP contribution in [-0.2, 0) is 14.3 Å². The number of ether oxygens (including phenoxy) is 1. The van der Waals surface area contributed by atoms with Gasteiger partial charge in [0, 0.05) is 13.0 Å². The average molecular weight is 320 g/mol. The molecule has 0 aliphatic heterocycles. The number of rotatable bonds is 10. The van der Waals surface area contributed by atoms with E-state index in [1.807, 2.05) is 37.4 Å². The standard InChI is InChI=1S/C18H28N2O3/c1-4-6-13-20(3)14-12-16(21)19-17(18(22)23-5-2)15-10-8-7-9-11-15/h7-11,17H,4-6,12-14H2,1-3H3,(H,19,21). The van der Waals surface area contributed by atoms with E-state index in [1.165, 1.54) is 0 Å². The minimum Gasteiger partial charge on any atom is -0.464 e. The third-order valence-electron chi connectivity index (χ3n) is 3.57. The Labute approximate surface area is 139 Å². The smallest absolute Gasteiger partial charge is 0.333 e. The molecule has 0 radical (unpaired) electrons. The Morgan fingerprint density at radius 2 is 1.87 bits per heavy atom. The zero-order valence-electron chi connectivity index (χ0n) is 14.4.